The second kappa shape index (κ2) is 5.47. The summed E-state index contributed by atoms with van der Waals surface area (Å²) >= 11 is 3.46. The number of aromatic nitrogens is 1. The molecule has 3 aromatic rings. The summed E-state index contributed by atoms with van der Waals surface area (Å²) < 4.78 is 27.7. The normalized spacial score (nSPS) is 12.7. The Labute approximate surface area is 143 Å². The van der Waals surface area contributed by atoms with E-state index in [9.17, 15) is 13.5 Å². The summed E-state index contributed by atoms with van der Waals surface area (Å²) in [7, 11) is -3.69. The fraction of sp³-hybridized carbons (Fsp3) is 0.176. The molecule has 0 saturated heterocycles. The zero-order chi connectivity index (χ0) is 16.8. The molecule has 0 radical (unpaired) electrons. The molecule has 0 fully saturated rings. The van der Waals surface area contributed by atoms with Crippen molar-refractivity contribution in [2.24, 2.45) is 0 Å². The molecule has 1 aromatic heterocycles. The highest BCUT2D eigenvalue weighted by Gasteiger charge is 2.23. The van der Waals surface area contributed by atoms with Gasteiger partial charge in [-0.2, -0.15) is 0 Å². The first kappa shape index (κ1) is 16.2. The molecular formula is C17H16BrNO3S. The zero-order valence-corrected chi connectivity index (χ0v) is 15.1. The summed E-state index contributed by atoms with van der Waals surface area (Å²) in [5.74, 6) is 0. The highest BCUT2D eigenvalue weighted by Crippen LogP contribution is 2.33. The van der Waals surface area contributed by atoms with Gasteiger partial charge in [0.25, 0.3) is 10.0 Å². The maximum absolute atomic E-state index is 12.9. The van der Waals surface area contributed by atoms with Gasteiger partial charge in [-0.05, 0) is 49.7 Å². The van der Waals surface area contributed by atoms with E-state index in [0.717, 1.165) is 9.86 Å². The maximum atomic E-state index is 12.9. The summed E-state index contributed by atoms with van der Waals surface area (Å²) in [5, 5.41) is 11.0. The molecule has 6 heteroatoms. The van der Waals surface area contributed by atoms with E-state index in [2.05, 4.69) is 15.9 Å². The fourth-order valence-electron chi connectivity index (χ4n) is 2.44. The molecule has 3 rings (SSSR count). The lowest BCUT2D eigenvalue weighted by molar-refractivity contribution is 0.0786. The van der Waals surface area contributed by atoms with Crippen LogP contribution in [0.25, 0.3) is 10.9 Å². The second-order valence-corrected chi connectivity index (χ2v) is 8.55. The van der Waals surface area contributed by atoms with Crippen molar-refractivity contribution in [2.75, 3.05) is 0 Å². The minimum absolute atomic E-state index is 0.224. The van der Waals surface area contributed by atoms with E-state index in [1.165, 1.54) is 10.2 Å². The van der Waals surface area contributed by atoms with Crippen LogP contribution < -0.4 is 0 Å². The third kappa shape index (κ3) is 2.82. The van der Waals surface area contributed by atoms with Gasteiger partial charge in [0.1, 0.15) is 0 Å². The lowest BCUT2D eigenvalue weighted by Crippen LogP contribution is -2.16. The van der Waals surface area contributed by atoms with Crippen LogP contribution in [0.5, 0.6) is 0 Å². The van der Waals surface area contributed by atoms with Crippen LogP contribution in [0.3, 0.4) is 0 Å². The van der Waals surface area contributed by atoms with E-state index in [1.807, 2.05) is 6.07 Å². The standard InChI is InChI=1S/C17H16BrNO3S/c1-17(2,20)12-10-15(18)14-8-9-19(16(14)11-12)23(21,22)13-6-4-3-5-7-13/h3-11,20H,1-2H3. The van der Waals surface area contributed by atoms with Crippen molar-refractivity contribution in [1.82, 2.24) is 3.97 Å². The molecule has 4 nitrogen and oxygen atoms in total. The average molecular weight is 394 g/mol. The number of aliphatic hydroxyl groups is 1. The van der Waals surface area contributed by atoms with Crippen molar-refractivity contribution in [2.45, 2.75) is 24.3 Å². The molecule has 0 atom stereocenters. The Morgan fingerprint density at radius 2 is 1.74 bits per heavy atom. The highest BCUT2D eigenvalue weighted by atomic mass is 79.9. The Kier molecular flexibility index (Phi) is 3.86. The number of rotatable bonds is 3. The minimum atomic E-state index is -3.69. The van der Waals surface area contributed by atoms with Gasteiger partial charge in [-0.25, -0.2) is 12.4 Å². The Balaban J connectivity index is 2.30. The van der Waals surface area contributed by atoms with Gasteiger partial charge in [0.05, 0.1) is 16.0 Å². The Bertz CT molecular complexity index is 970. The molecule has 2 aromatic carbocycles. The van der Waals surface area contributed by atoms with E-state index in [4.69, 9.17) is 0 Å². The number of nitrogens with zero attached hydrogens (tertiary/aromatic N) is 1. The smallest absolute Gasteiger partial charge is 0.268 e. The summed E-state index contributed by atoms with van der Waals surface area (Å²) in [6.45, 7) is 3.33. The first-order valence-electron chi connectivity index (χ1n) is 7.05. The third-order valence-electron chi connectivity index (χ3n) is 3.73. The molecule has 0 unspecified atom stereocenters. The molecule has 0 aliphatic heterocycles. The monoisotopic (exact) mass is 393 g/mol. The van der Waals surface area contributed by atoms with Crippen LogP contribution >= 0.6 is 15.9 Å². The van der Waals surface area contributed by atoms with E-state index in [-0.39, 0.29) is 4.90 Å². The minimum Gasteiger partial charge on any atom is -0.386 e. The van der Waals surface area contributed by atoms with E-state index in [0.29, 0.717) is 11.1 Å². The van der Waals surface area contributed by atoms with Gasteiger partial charge in [0.15, 0.2) is 0 Å². The second-order valence-electron chi connectivity index (χ2n) is 5.88. The molecule has 120 valence electrons. The number of hydrogen-bond donors (Lipinski definition) is 1. The van der Waals surface area contributed by atoms with Gasteiger partial charge < -0.3 is 5.11 Å². The van der Waals surface area contributed by atoms with Gasteiger partial charge in [-0.15, -0.1) is 0 Å². The largest absolute Gasteiger partial charge is 0.386 e. The van der Waals surface area contributed by atoms with E-state index < -0.39 is 15.6 Å². The van der Waals surface area contributed by atoms with Crippen molar-refractivity contribution < 1.29 is 13.5 Å². The summed E-state index contributed by atoms with van der Waals surface area (Å²) in [4.78, 5) is 0.224. The Morgan fingerprint density at radius 1 is 1.09 bits per heavy atom. The first-order valence-corrected chi connectivity index (χ1v) is 9.28. The van der Waals surface area contributed by atoms with Crippen molar-refractivity contribution >= 4 is 36.9 Å². The maximum Gasteiger partial charge on any atom is 0.268 e. The van der Waals surface area contributed by atoms with E-state index in [1.54, 1.807) is 56.3 Å². The summed E-state index contributed by atoms with van der Waals surface area (Å²) in [6, 6.07) is 13.5. The number of benzene rings is 2. The van der Waals surface area contributed by atoms with E-state index >= 15 is 0 Å². The topological polar surface area (TPSA) is 59.3 Å². The van der Waals surface area contributed by atoms with Crippen LogP contribution in [0.2, 0.25) is 0 Å². The number of hydrogen-bond acceptors (Lipinski definition) is 3. The molecule has 0 amide bonds. The lowest BCUT2D eigenvalue weighted by atomic mass is 9.98. The summed E-state index contributed by atoms with van der Waals surface area (Å²) in [6.07, 6.45) is 1.53. The Morgan fingerprint density at radius 3 is 2.35 bits per heavy atom. The van der Waals surface area contributed by atoms with Crippen molar-refractivity contribution in [3.8, 4) is 0 Å². The van der Waals surface area contributed by atoms with Gasteiger partial charge in [0.2, 0.25) is 0 Å². The molecule has 0 saturated carbocycles. The average Bonchev–Trinajstić information content (AvgIpc) is 2.92. The molecule has 1 heterocycles. The molecule has 0 aliphatic carbocycles. The third-order valence-corrected chi connectivity index (χ3v) is 6.09. The van der Waals surface area contributed by atoms with Crippen LogP contribution in [0.4, 0.5) is 0 Å². The van der Waals surface area contributed by atoms with Crippen LogP contribution in [0.15, 0.2) is 64.1 Å². The predicted molar refractivity (Wildman–Crippen MR) is 93.9 cm³/mol. The molecular weight excluding hydrogens is 378 g/mol. The van der Waals surface area contributed by atoms with Gasteiger partial charge in [-0.1, -0.05) is 34.1 Å². The number of halogens is 1. The van der Waals surface area contributed by atoms with Crippen LogP contribution in [-0.4, -0.2) is 17.5 Å². The quantitative estimate of drug-likeness (QED) is 0.734. The van der Waals surface area contributed by atoms with Gasteiger partial charge >= 0.3 is 0 Å². The van der Waals surface area contributed by atoms with Crippen LogP contribution in [-0.2, 0) is 15.6 Å². The zero-order valence-electron chi connectivity index (χ0n) is 12.7. The van der Waals surface area contributed by atoms with Crippen molar-refractivity contribution in [3.63, 3.8) is 0 Å². The van der Waals surface area contributed by atoms with Gasteiger partial charge in [0, 0.05) is 16.1 Å². The summed E-state index contributed by atoms with van der Waals surface area (Å²) in [5.41, 5.74) is 0.0999. The molecule has 1 N–H and O–H groups in total. The lowest BCUT2D eigenvalue weighted by Gasteiger charge is -2.19. The molecule has 23 heavy (non-hydrogen) atoms. The van der Waals surface area contributed by atoms with Gasteiger partial charge in [-0.3, -0.25) is 0 Å². The molecule has 0 aliphatic rings. The predicted octanol–water partition coefficient (Wildman–Crippen LogP) is 3.87. The highest BCUT2D eigenvalue weighted by molar-refractivity contribution is 9.10. The molecule has 0 spiro atoms. The SMILES string of the molecule is CC(C)(O)c1cc(Br)c2ccn(S(=O)(=O)c3ccccc3)c2c1. The number of fused-ring (bicyclic) bond motifs is 1. The van der Waals surface area contributed by atoms with Crippen LogP contribution in [0.1, 0.15) is 19.4 Å². The van der Waals surface area contributed by atoms with Crippen molar-refractivity contribution in [3.05, 3.63) is 64.8 Å². The van der Waals surface area contributed by atoms with Crippen LogP contribution in [0, 0.1) is 0 Å². The first-order chi connectivity index (χ1) is 10.7. The Hall–Kier alpha value is -1.63. The van der Waals surface area contributed by atoms with Crippen molar-refractivity contribution in [1.29, 1.82) is 0 Å². The fourth-order valence-corrected chi connectivity index (χ4v) is 4.38. The molecule has 0 bridgehead atoms.